The Balaban J connectivity index is 2.65. The van der Waals surface area contributed by atoms with Crippen LogP contribution in [0.5, 0.6) is 0 Å². The van der Waals surface area contributed by atoms with Crippen LogP contribution in [0.1, 0.15) is 26.3 Å². The summed E-state index contributed by atoms with van der Waals surface area (Å²) in [5.41, 5.74) is 0.479. The minimum Gasteiger partial charge on any atom is -0.468 e. The van der Waals surface area contributed by atoms with Gasteiger partial charge in [0.2, 0.25) is 0 Å². The van der Waals surface area contributed by atoms with Crippen molar-refractivity contribution in [3.05, 3.63) is 34.9 Å². The van der Waals surface area contributed by atoms with E-state index >= 15 is 0 Å². The molecular formula is C17H24ClNO4S. The zero-order chi connectivity index (χ0) is 18.2. The van der Waals surface area contributed by atoms with Gasteiger partial charge in [-0.25, -0.2) is 4.79 Å². The lowest BCUT2D eigenvalue weighted by Crippen LogP contribution is -2.41. The summed E-state index contributed by atoms with van der Waals surface area (Å²) in [6.07, 6.45) is 0.144. The lowest BCUT2D eigenvalue weighted by atomic mass is 10.1. The fraction of sp³-hybridized carbons (Fsp3) is 0.529. The number of carbonyl (C=O) groups is 2. The van der Waals surface area contributed by atoms with Gasteiger partial charge in [-0.15, -0.1) is 11.8 Å². The molecule has 5 nitrogen and oxygen atoms in total. The van der Waals surface area contributed by atoms with Crippen molar-refractivity contribution in [2.24, 2.45) is 0 Å². The molecule has 7 heteroatoms. The van der Waals surface area contributed by atoms with Gasteiger partial charge in [-0.3, -0.25) is 4.79 Å². The Morgan fingerprint density at radius 1 is 1.25 bits per heavy atom. The maximum Gasteiger partial charge on any atom is 0.407 e. The van der Waals surface area contributed by atoms with Crippen molar-refractivity contribution < 1.29 is 19.1 Å². The molecule has 0 radical (unpaired) electrons. The maximum absolute atomic E-state index is 12.0. The molecule has 1 rings (SSSR count). The molecule has 1 amide bonds. The Morgan fingerprint density at radius 2 is 1.88 bits per heavy atom. The van der Waals surface area contributed by atoms with E-state index in [0.717, 1.165) is 5.56 Å². The lowest BCUT2D eigenvalue weighted by molar-refractivity contribution is -0.137. The molecule has 0 saturated heterocycles. The second-order valence-corrected chi connectivity index (χ2v) is 7.73. The summed E-state index contributed by atoms with van der Waals surface area (Å²) < 4.78 is 9.93. The third-order valence-corrected chi connectivity index (χ3v) is 4.21. The number of rotatable bonds is 7. The topological polar surface area (TPSA) is 64.6 Å². The van der Waals surface area contributed by atoms with Crippen LogP contribution >= 0.6 is 23.4 Å². The van der Waals surface area contributed by atoms with E-state index in [4.69, 9.17) is 16.3 Å². The van der Waals surface area contributed by atoms with Crippen LogP contribution in [0.15, 0.2) is 24.3 Å². The van der Waals surface area contributed by atoms with Crippen LogP contribution in [-0.4, -0.2) is 42.3 Å². The van der Waals surface area contributed by atoms with E-state index in [1.807, 2.05) is 45.0 Å². The highest BCUT2D eigenvalue weighted by atomic mass is 35.5. The summed E-state index contributed by atoms with van der Waals surface area (Å²) in [6, 6.07) is 7.27. The molecule has 1 aromatic rings. The largest absolute Gasteiger partial charge is 0.468 e. The van der Waals surface area contributed by atoms with Gasteiger partial charge in [-0.2, -0.15) is 0 Å². The molecule has 1 N–H and O–H groups in total. The molecule has 0 bridgehead atoms. The molecule has 1 atom stereocenters. The molecule has 0 aliphatic rings. The number of thioether (sulfide) groups is 1. The van der Waals surface area contributed by atoms with Crippen LogP contribution in [0.4, 0.5) is 4.79 Å². The molecule has 1 aromatic carbocycles. The first-order valence-electron chi connectivity index (χ1n) is 7.58. The number of benzene rings is 1. The lowest BCUT2D eigenvalue weighted by Gasteiger charge is -2.23. The second kappa shape index (κ2) is 9.79. The first kappa shape index (κ1) is 20.6. The molecule has 0 saturated carbocycles. The standard InChI is InChI=1S/C17H24ClNO4S/c1-17(2,3)23-16(21)19-14(10-24-11-15(20)22-4)9-12-5-7-13(18)8-6-12/h5-8,14H,9-11H2,1-4H3,(H,19,21)/t14-/m0/s1. The van der Waals surface area contributed by atoms with Gasteiger partial charge in [0.05, 0.1) is 12.9 Å². The smallest absolute Gasteiger partial charge is 0.407 e. The first-order chi connectivity index (χ1) is 11.2. The number of hydrogen-bond donors (Lipinski definition) is 1. The molecule has 0 heterocycles. The predicted octanol–water partition coefficient (Wildman–Crippen LogP) is 3.68. The van der Waals surface area contributed by atoms with Crippen LogP contribution in [0.2, 0.25) is 5.02 Å². The van der Waals surface area contributed by atoms with E-state index in [9.17, 15) is 9.59 Å². The van der Waals surface area contributed by atoms with Crippen LogP contribution in [0, 0.1) is 0 Å². The van der Waals surface area contributed by atoms with Crippen molar-refractivity contribution >= 4 is 35.4 Å². The zero-order valence-electron chi connectivity index (χ0n) is 14.4. The molecular weight excluding hydrogens is 350 g/mol. The van der Waals surface area contributed by atoms with Gasteiger partial charge in [-0.1, -0.05) is 23.7 Å². The highest BCUT2D eigenvalue weighted by Crippen LogP contribution is 2.14. The van der Waals surface area contributed by atoms with Crippen molar-refractivity contribution in [3.8, 4) is 0 Å². The number of nitrogens with one attached hydrogen (secondary N) is 1. The van der Waals surface area contributed by atoms with Gasteiger partial charge in [0, 0.05) is 16.8 Å². The number of esters is 1. The highest BCUT2D eigenvalue weighted by molar-refractivity contribution is 7.99. The number of halogens is 1. The van der Waals surface area contributed by atoms with E-state index in [2.05, 4.69) is 10.1 Å². The fourth-order valence-electron chi connectivity index (χ4n) is 1.87. The van der Waals surface area contributed by atoms with Crippen molar-refractivity contribution in [3.63, 3.8) is 0 Å². The van der Waals surface area contributed by atoms with Crippen molar-refractivity contribution in [2.45, 2.75) is 38.8 Å². The van der Waals surface area contributed by atoms with Gasteiger partial charge in [0.25, 0.3) is 0 Å². The maximum atomic E-state index is 12.0. The summed E-state index contributed by atoms with van der Waals surface area (Å²) in [7, 11) is 1.35. The van der Waals surface area contributed by atoms with E-state index in [1.165, 1.54) is 18.9 Å². The van der Waals surface area contributed by atoms with E-state index in [0.29, 0.717) is 17.2 Å². The number of alkyl carbamates (subject to hydrolysis) is 1. The van der Waals surface area contributed by atoms with Crippen LogP contribution < -0.4 is 5.32 Å². The molecule has 0 fully saturated rings. The SMILES string of the molecule is COC(=O)CSC[C@H](Cc1ccc(Cl)cc1)NC(=O)OC(C)(C)C. The number of carbonyl (C=O) groups excluding carboxylic acids is 2. The van der Waals surface area contributed by atoms with Gasteiger partial charge in [0.15, 0.2) is 0 Å². The molecule has 0 unspecified atom stereocenters. The Hall–Kier alpha value is -1.40. The molecule has 0 aliphatic carbocycles. The van der Waals surface area contributed by atoms with E-state index in [-0.39, 0.29) is 17.8 Å². The molecule has 0 aromatic heterocycles. The average Bonchev–Trinajstić information content (AvgIpc) is 2.47. The Kier molecular flexibility index (Phi) is 8.42. The van der Waals surface area contributed by atoms with Crippen LogP contribution in [0.25, 0.3) is 0 Å². The summed E-state index contributed by atoms with van der Waals surface area (Å²) in [6.45, 7) is 5.44. The normalized spacial score (nSPS) is 12.4. The Labute approximate surface area is 152 Å². The van der Waals surface area contributed by atoms with Crippen molar-refractivity contribution in [1.82, 2.24) is 5.32 Å². The molecule has 134 valence electrons. The Morgan fingerprint density at radius 3 is 2.42 bits per heavy atom. The van der Waals surface area contributed by atoms with Gasteiger partial charge in [-0.05, 0) is 44.9 Å². The minimum atomic E-state index is -0.561. The zero-order valence-corrected chi connectivity index (χ0v) is 16.0. The van der Waals surface area contributed by atoms with Crippen LogP contribution in [0.3, 0.4) is 0 Å². The van der Waals surface area contributed by atoms with E-state index in [1.54, 1.807) is 0 Å². The van der Waals surface area contributed by atoms with E-state index < -0.39 is 11.7 Å². The summed E-state index contributed by atoms with van der Waals surface area (Å²) >= 11 is 7.30. The first-order valence-corrected chi connectivity index (χ1v) is 9.11. The summed E-state index contributed by atoms with van der Waals surface area (Å²) in [4.78, 5) is 23.2. The molecule has 0 aliphatic heterocycles. The van der Waals surface area contributed by atoms with Gasteiger partial charge in [0.1, 0.15) is 5.60 Å². The number of methoxy groups -OCH3 is 1. The van der Waals surface area contributed by atoms with Crippen molar-refractivity contribution in [2.75, 3.05) is 18.6 Å². The third kappa shape index (κ3) is 9.03. The monoisotopic (exact) mass is 373 g/mol. The fourth-order valence-corrected chi connectivity index (χ4v) is 2.89. The van der Waals surface area contributed by atoms with Crippen molar-refractivity contribution in [1.29, 1.82) is 0 Å². The average molecular weight is 374 g/mol. The summed E-state index contributed by atoms with van der Waals surface area (Å²) in [5.74, 6) is 0.517. The second-order valence-electron chi connectivity index (χ2n) is 6.27. The Bertz CT molecular complexity index is 543. The molecule has 0 spiro atoms. The number of amides is 1. The van der Waals surface area contributed by atoms with Crippen LogP contribution in [-0.2, 0) is 20.7 Å². The van der Waals surface area contributed by atoms with Gasteiger partial charge >= 0.3 is 12.1 Å². The third-order valence-electron chi connectivity index (χ3n) is 2.88. The minimum absolute atomic E-state index is 0.171. The number of hydrogen-bond acceptors (Lipinski definition) is 5. The highest BCUT2D eigenvalue weighted by Gasteiger charge is 2.20. The quantitative estimate of drug-likeness (QED) is 0.738. The molecule has 24 heavy (non-hydrogen) atoms. The van der Waals surface area contributed by atoms with Gasteiger partial charge < -0.3 is 14.8 Å². The number of ether oxygens (including phenoxy) is 2. The predicted molar refractivity (Wildman–Crippen MR) is 97.7 cm³/mol. The summed E-state index contributed by atoms with van der Waals surface area (Å²) in [5, 5.41) is 3.52.